The van der Waals surface area contributed by atoms with Crippen LogP contribution in [0.25, 0.3) is 0 Å². The van der Waals surface area contributed by atoms with Crippen LogP contribution in [0.1, 0.15) is 72.6 Å². The summed E-state index contributed by atoms with van der Waals surface area (Å²) in [6.07, 6.45) is 13.7. The second-order valence-corrected chi connectivity index (χ2v) is 6.40. The Bertz CT molecular complexity index is 332. The molecule has 0 amide bonds. The molecule has 21 heavy (non-hydrogen) atoms. The Morgan fingerprint density at radius 2 is 1.95 bits per heavy atom. The second kappa shape index (κ2) is 12.0. The fourth-order valence-electron chi connectivity index (χ4n) is 3.00. The molecule has 1 aliphatic heterocycles. The molecule has 0 saturated carbocycles. The molecule has 1 fully saturated rings. The van der Waals surface area contributed by atoms with Crippen LogP contribution in [-0.4, -0.2) is 12.2 Å². The van der Waals surface area contributed by atoms with Crippen LogP contribution in [-0.2, 0) is 37.4 Å². The maximum atomic E-state index is 6.09. The zero-order valence-corrected chi connectivity index (χ0v) is 17.4. The van der Waals surface area contributed by atoms with Crippen molar-refractivity contribution in [2.45, 2.75) is 84.8 Å². The summed E-state index contributed by atoms with van der Waals surface area (Å²) in [6, 6.07) is 0. The fraction of sp³-hybridized carbons (Fsp3) is 0.737. The summed E-state index contributed by atoms with van der Waals surface area (Å²) < 4.78 is 6.09. The van der Waals surface area contributed by atoms with Crippen molar-refractivity contribution in [3.63, 3.8) is 0 Å². The molecule has 1 nitrogen and oxygen atoms in total. The minimum absolute atomic E-state index is 0. The minimum Gasteiger partial charge on any atom is -0.371 e. The molecule has 0 N–H and O–H groups in total. The summed E-state index contributed by atoms with van der Waals surface area (Å²) >= 11 is 0. The average molecular weight is 366 g/mol. The van der Waals surface area contributed by atoms with Crippen molar-refractivity contribution in [3.8, 4) is 0 Å². The maximum absolute atomic E-state index is 6.09. The van der Waals surface area contributed by atoms with Gasteiger partial charge >= 0.3 is 0 Å². The van der Waals surface area contributed by atoms with E-state index in [1.165, 1.54) is 37.7 Å². The van der Waals surface area contributed by atoms with Crippen LogP contribution in [0.2, 0.25) is 0 Å². The van der Waals surface area contributed by atoms with Gasteiger partial charge < -0.3 is 11.7 Å². The van der Waals surface area contributed by atoms with Crippen LogP contribution in [0, 0.1) is 12.8 Å². The van der Waals surface area contributed by atoms with Gasteiger partial charge in [0.05, 0.1) is 12.2 Å². The van der Waals surface area contributed by atoms with Crippen LogP contribution >= 0.6 is 0 Å². The van der Waals surface area contributed by atoms with E-state index in [1.807, 2.05) is 0 Å². The standard InChI is InChI=1S/C19H33O.Y/c1-6-8-10-15(3)11-12-18-14-17(5)20-19(18)13-16(4)9-7-2;/h10,13,17-19H,2,6-9,11-12,14H2,1,3-5H3;/q-1;/b15-10+,16-13+;. The van der Waals surface area contributed by atoms with Crippen molar-refractivity contribution < 1.29 is 37.4 Å². The number of hydrogen-bond donors (Lipinski definition) is 0. The zero-order valence-electron chi connectivity index (χ0n) is 14.5. The van der Waals surface area contributed by atoms with Crippen LogP contribution in [0.5, 0.6) is 0 Å². The van der Waals surface area contributed by atoms with Crippen molar-refractivity contribution in [3.05, 3.63) is 30.2 Å². The van der Waals surface area contributed by atoms with Crippen molar-refractivity contribution in [1.29, 1.82) is 0 Å². The first-order chi connectivity index (χ1) is 9.56. The number of unbranched alkanes of at least 4 members (excludes halogenated alkanes) is 1. The van der Waals surface area contributed by atoms with Gasteiger partial charge in [-0.3, -0.25) is 0 Å². The Morgan fingerprint density at radius 1 is 1.24 bits per heavy atom. The van der Waals surface area contributed by atoms with Gasteiger partial charge in [0, 0.05) is 32.7 Å². The fourth-order valence-corrected chi connectivity index (χ4v) is 3.00. The molecule has 0 spiro atoms. The van der Waals surface area contributed by atoms with Gasteiger partial charge in [-0.1, -0.05) is 43.1 Å². The summed E-state index contributed by atoms with van der Waals surface area (Å²) in [7, 11) is 0. The van der Waals surface area contributed by atoms with Crippen molar-refractivity contribution in [2.24, 2.45) is 5.92 Å². The third kappa shape index (κ3) is 8.67. The smallest absolute Gasteiger partial charge is 0.0791 e. The monoisotopic (exact) mass is 366 g/mol. The first kappa shape index (κ1) is 21.5. The molecule has 0 aliphatic carbocycles. The Labute approximate surface area is 157 Å². The van der Waals surface area contributed by atoms with E-state index in [9.17, 15) is 0 Å². The molecule has 3 unspecified atom stereocenters. The molecule has 2 heteroatoms. The predicted molar refractivity (Wildman–Crippen MR) is 88.7 cm³/mol. The first-order valence-electron chi connectivity index (χ1n) is 8.34. The van der Waals surface area contributed by atoms with Gasteiger partial charge in [-0.15, -0.1) is 0 Å². The Hall–Kier alpha value is 0.544. The molecule has 3 atom stereocenters. The molecule has 0 aromatic rings. The molecule has 1 rings (SSSR count). The summed E-state index contributed by atoms with van der Waals surface area (Å²) in [5.74, 6) is 0.690. The molecule has 0 bridgehead atoms. The zero-order chi connectivity index (χ0) is 15.0. The van der Waals surface area contributed by atoms with Crippen molar-refractivity contribution in [2.75, 3.05) is 0 Å². The minimum atomic E-state index is 0. The van der Waals surface area contributed by atoms with Crippen LogP contribution in [0.4, 0.5) is 0 Å². The van der Waals surface area contributed by atoms with Gasteiger partial charge in [-0.05, 0) is 52.4 Å². The van der Waals surface area contributed by atoms with Crippen LogP contribution in [0.3, 0.4) is 0 Å². The Kier molecular flexibility index (Phi) is 12.3. The van der Waals surface area contributed by atoms with Gasteiger partial charge in [0.25, 0.3) is 0 Å². The molecule has 0 aromatic carbocycles. The topological polar surface area (TPSA) is 9.23 Å². The summed E-state index contributed by atoms with van der Waals surface area (Å²) in [4.78, 5) is 0. The summed E-state index contributed by atoms with van der Waals surface area (Å²) in [5.41, 5.74) is 2.98. The van der Waals surface area contributed by atoms with E-state index in [0.717, 1.165) is 12.8 Å². The third-order valence-corrected chi connectivity index (χ3v) is 4.20. The normalized spacial score (nSPS) is 26.8. The van der Waals surface area contributed by atoms with Gasteiger partial charge in [-0.25, -0.2) is 0 Å². The number of rotatable bonds is 8. The third-order valence-electron chi connectivity index (χ3n) is 4.20. The summed E-state index contributed by atoms with van der Waals surface area (Å²) in [5, 5.41) is 0. The molecular formula is C19H33OY-. The average Bonchev–Trinajstić information content (AvgIpc) is 2.74. The Morgan fingerprint density at radius 3 is 2.57 bits per heavy atom. The van der Waals surface area contributed by atoms with Crippen LogP contribution in [0.15, 0.2) is 23.3 Å². The first-order valence-corrected chi connectivity index (χ1v) is 8.34. The molecule has 119 valence electrons. The SMILES string of the molecule is [CH2-]CC/C(C)=C/C1OC(C)CC1CC/C(C)=C/CCC.[Y]. The van der Waals surface area contributed by atoms with Crippen molar-refractivity contribution in [1.82, 2.24) is 0 Å². The quantitative estimate of drug-likeness (QED) is 0.386. The van der Waals surface area contributed by atoms with E-state index in [4.69, 9.17) is 4.74 Å². The number of hydrogen-bond acceptors (Lipinski definition) is 1. The predicted octanol–water partition coefficient (Wildman–Crippen LogP) is 5.86. The van der Waals surface area contributed by atoms with Gasteiger partial charge in [0.15, 0.2) is 0 Å². The van der Waals surface area contributed by atoms with E-state index < -0.39 is 0 Å². The van der Waals surface area contributed by atoms with E-state index in [1.54, 1.807) is 5.57 Å². The van der Waals surface area contributed by atoms with E-state index in [-0.39, 0.29) is 32.7 Å². The summed E-state index contributed by atoms with van der Waals surface area (Å²) in [6.45, 7) is 12.9. The number of ether oxygens (including phenoxy) is 1. The molecule has 1 saturated heterocycles. The molecule has 0 aromatic heterocycles. The number of allylic oxidation sites excluding steroid dienone is 3. The van der Waals surface area contributed by atoms with E-state index >= 15 is 0 Å². The maximum Gasteiger partial charge on any atom is 0.0791 e. The molecular weight excluding hydrogens is 333 g/mol. The van der Waals surface area contributed by atoms with E-state index in [2.05, 4.69) is 46.8 Å². The molecule has 1 radical (unpaired) electrons. The van der Waals surface area contributed by atoms with Gasteiger partial charge in [0.2, 0.25) is 0 Å². The van der Waals surface area contributed by atoms with Crippen molar-refractivity contribution >= 4 is 0 Å². The van der Waals surface area contributed by atoms with Gasteiger partial charge in [0.1, 0.15) is 0 Å². The molecule has 1 heterocycles. The Balaban J connectivity index is 0.00000400. The molecule has 1 aliphatic rings. The largest absolute Gasteiger partial charge is 0.371 e. The second-order valence-electron chi connectivity index (χ2n) is 6.40. The van der Waals surface area contributed by atoms with Crippen LogP contribution < -0.4 is 0 Å². The van der Waals surface area contributed by atoms with Gasteiger partial charge in [-0.2, -0.15) is 6.42 Å². The van der Waals surface area contributed by atoms with E-state index in [0.29, 0.717) is 18.1 Å².